The normalized spacial score (nSPS) is 14.0. The molecule has 2 N–H and O–H groups in total. The first-order chi connectivity index (χ1) is 16.7. The molecule has 0 radical (unpaired) electrons. The second-order valence-electron chi connectivity index (χ2n) is 8.34. The average molecular weight is 457 g/mol. The Labute approximate surface area is 199 Å². The number of benzene rings is 3. The topological polar surface area (TPSA) is 77.5 Å². The van der Waals surface area contributed by atoms with Crippen molar-refractivity contribution >= 4 is 22.4 Å². The summed E-state index contributed by atoms with van der Waals surface area (Å²) >= 11 is 0. The molecule has 0 unspecified atom stereocenters. The zero-order valence-corrected chi connectivity index (χ0v) is 19.2. The van der Waals surface area contributed by atoms with Crippen LogP contribution in [0.2, 0.25) is 0 Å². The van der Waals surface area contributed by atoms with Crippen molar-refractivity contribution in [2.75, 3.05) is 32.1 Å². The van der Waals surface area contributed by atoms with Crippen LogP contribution in [-0.4, -0.2) is 36.8 Å². The maximum atomic E-state index is 5.94. The van der Waals surface area contributed by atoms with Crippen LogP contribution < -0.4 is 24.8 Å². The first-order valence-electron chi connectivity index (χ1n) is 11.5. The van der Waals surface area contributed by atoms with Gasteiger partial charge in [-0.1, -0.05) is 0 Å². The summed E-state index contributed by atoms with van der Waals surface area (Å²) in [5.74, 6) is 3.46. The van der Waals surface area contributed by atoms with Crippen LogP contribution in [0.3, 0.4) is 0 Å². The highest BCUT2D eigenvalue weighted by Gasteiger charge is 2.14. The molecule has 7 nitrogen and oxygen atoms in total. The molecule has 0 saturated carbocycles. The van der Waals surface area contributed by atoms with E-state index in [1.165, 1.54) is 0 Å². The first kappa shape index (κ1) is 22.0. The van der Waals surface area contributed by atoms with Crippen molar-refractivity contribution < 1.29 is 14.2 Å². The van der Waals surface area contributed by atoms with E-state index in [0.29, 0.717) is 18.4 Å². The van der Waals surface area contributed by atoms with E-state index < -0.39 is 0 Å². The number of anilines is 2. The van der Waals surface area contributed by atoms with Gasteiger partial charge in [-0.05, 0) is 98.6 Å². The maximum Gasteiger partial charge on any atom is 0.232 e. The average Bonchev–Trinajstić information content (AvgIpc) is 2.89. The number of aromatic nitrogens is 2. The van der Waals surface area contributed by atoms with Crippen LogP contribution in [0.5, 0.6) is 23.1 Å². The Morgan fingerprint density at radius 3 is 2.26 bits per heavy atom. The van der Waals surface area contributed by atoms with Crippen molar-refractivity contribution in [3.63, 3.8) is 0 Å². The highest BCUT2D eigenvalue weighted by atomic mass is 16.5. The molecule has 1 saturated heterocycles. The molecule has 0 bridgehead atoms. The lowest BCUT2D eigenvalue weighted by atomic mass is 9.99. The molecule has 2 heterocycles. The van der Waals surface area contributed by atoms with E-state index in [1.54, 1.807) is 13.3 Å². The minimum Gasteiger partial charge on any atom is -0.497 e. The molecule has 5 rings (SSSR count). The van der Waals surface area contributed by atoms with E-state index in [9.17, 15) is 0 Å². The standard InChI is InChI=1S/C27H28N4O3/c1-32-22-7-9-24(10-8-22)34-23-5-2-20(3-6-23)30-21-4-11-25-26(16-21)31-27(17-29-25)33-18-19-12-14-28-15-13-19/h2-11,16-17,19,28,30H,12-15,18H2,1H3. The van der Waals surface area contributed by atoms with Gasteiger partial charge in [-0.3, -0.25) is 0 Å². The second kappa shape index (κ2) is 10.4. The molecule has 1 aromatic heterocycles. The molecular weight excluding hydrogens is 428 g/mol. The number of nitrogens with zero attached hydrogens (tertiary/aromatic N) is 2. The van der Waals surface area contributed by atoms with Crippen LogP contribution in [0.25, 0.3) is 11.0 Å². The Morgan fingerprint density at radius 2 is 1.53 bits per heavy atom. The van der Waals surface area contributed by atoms with Gasteiger partial charge in [0.2, 0.25) is 5.88 Å². The highest BCUT2D eigenvalue weighted by molar-refractivity contribution is 5.80. The molecule has 1 aliphatic heterocycles. The Balaban J connectivity index is 1.22. The summed E-state index contributed by atoms with van der Waals surface area (Å²) in [5.41, 5.74) is 3.52. The first-order valence-corrected chi connectivity index (χ1v) is 11.5. The minimum atomic E-state index is 0.572. The van der Waals surface area contributed by atoms with Gasteiger partial charge in [0.15, 0.2) is 0 Å². The molecule has 174 valence electrons. The number of methoxy groups -OCH3 is 1. The highest BCUT2D eigenvalue weighted by Crippen LogP contribution is 2.27. The van der Waals surface area contributed by atoms with Crippen LogP contribution in [-0.2, 0) is 0 Å². The summed E-state index contributed by atoms with van der Waals surface area (Å²) in [6.07, 6.45) is 3.98. The maximum absolute atomic E-state index is 5.94. The van der Waals surface area contributed by atoms with E-state index in [1.807, 2.05) is 66.7 Å². The molecule has 0 atom stereocenters. The van der Waals surface area contributed by atoms with E-state index in [2.05, 4.69) is 20.6 Å². The molecule has 7 heteroatoms. The molecule has 1 fully saturated rings. The summed E-state index contributed by atoms with van der Waals surface area (Å²) in [7, 11) is 1.65. The summed E-state index contributed by atoms with van der Waals surface area (Å²) in [6.45, 7) is 2.80. The molecule has 4 aromatic rings. The summed E-state index contributed by atoms with van der Waals surface area (Å²) in [6, 6.07) is 21.3. The van der Waals surface area contributed by atoms with Crippen LogP contribution in [0.1, 0.15) is 12.8 Å². The molecule has 3 aromatic carbocycles. The van der Waals surface area contributed by atoms with Crippen molar-refractivity contribution in [3.8, 4) is 23.1 Å². The fourth-order valence-electron chi connectivity index (χ4n) is 3.95. The van der Waals surface area contributed by atoms with E-state index in [4.69, 9.17) is 14.2 Å². The van der Waals surface area contributed by atoms with E-state index in [-0.39, 0.29) is 0 Å². The third-order valence-electron chi connectivity index (χ3n) is 5.88. The quantitative estimate of drug-likeness (QED) is 0.360. The number of nitrogens with one attached hydrogen (secondary N) is 2. The fraction of sp³-hybridized carbons (Fsp3) is 0.259. The smallest absolute Gasteiger partial charge is 0.232 e. The number of ether oxygens (including phenoxy) is 3. The third kappa shape index (κ3) is 5.55. The lowest BCUT2D eigenvalue weighted by Crippen LogP contribution is -2.30. The molecule has 0 spiro atoms. The molecule has 34 heavy (non-hydrogen) atoms. The second-order valence-corrected chi connectivity index (χ2v) is 8.34. The molecular formula is C27H28N4O3. The summed E-state index contributed by atoms with van der Waals surface area (Å²) < 4.78 is 17.0. The summed E-state index contributed by atoms with van der Waals surface area (Å²) in [5, 5.41) is 6.80. The van der Waals surface area contributed by atoms with Crippen molar-refractivity contribution in [2.24, 2.45) is 5.92 Å². The van der Waals surface area contributed by atoms with Gasteiger partial charge < -0.3 is 24.8 Å². The van der Waals surface area contributed by atoms with Gasteiger partial charge in [-0.15, -0.1) is 0 Å². The van der Waals surface area contributed by atoms with Crippen LogP contribution in [0, 0.1) is 5.92 Å². The predicted molar refractivity (Wildman–Crippen MR) is 133 cm³/mol. The predicted octanol–water partition coefficient (Wildman–Crippen LogP) is 5.55. The summed E-state index contributed by atoms with van der Waals surface area (Å²) in [4.78, 5) is 9.17. The number of hydrogen-bond donors (Lipinski definition) is 2. The molecule has 1 aliphatic rings. The number of rotatable bonds is 8. The Hall–Kier alpha value is -3.84. The minimum absolute atomic E-state index is 0.572. The fourth-order valence-corrected chi connectivity index (χ4v) is 3.95. The monoisotopic (exact) mass is 456 g/mol. The Kier molecular flexibility index (Phi) is 6.72. The van der Waals surface area contributed by atoms with Gasteiger partial charge in [-0.25, -0.2) is 9.97 Å². The Morgan fingerprint density at radius 1 is 0.853 bits per heavy atom. The van der Waals surface area contributed by atoms with E-state index in [0.717, 1.165) is 65.6 Å². The third-order valence-corrected chi connectivity index (χ3v) is 5.88. The number of fused-ring (bicyclic) bond motifs is 1. The van der Waals surface area contributed by atoms with Crippen molar-refractivity contribution in [1.29, 1.82) is 0 Å². The van der Waals surface area contributed by atoms with Crippen molar-refractivity contribution in [2.45, 2.75) is 12.8 Å². The molecule has 0 aliphatic carbocycles. The van der Waals surface area contributed by atoms with Crippen LogP contribution in [0.15, 0.2) is 72.9 Å². The van der Waals surface area contributed by atoms with Gasteiger partial charge in [-0.2, -0.15) is 0 Å². The van der Waals surface area contributed by atoms with Gasteiger partial charge in [0, 0.05) is 11.4 Å². The lowest BCUT2D eigenvalue weighted by molar-refractivity contribution is 0.209. The lowest BCUT2D eigenvalue weighted by Gasteiger charge is -2.22. The van der Waals surface area contributed by atoms with Gasteiger partial charge in [0.05, 0.1) is 30.9 Å². The van der Waals surface area contributed by atoms with E-state index >= 15 is 0 Å². The molecule has 0 amide bonds. The number of piperidine rings is 1. The van der Waals surface area contributed by atoms with Gasteiger partial charge in [0.25, 0.3) is 0 Å². The largest absolute Gasteiger partial charge is 0.497 e. The van der Waals surface area contributed by atoms with Gasteiger partial charge >= 0.3 is 0 Å². The Bertz CT molecular complexity index is 1220. The number of hydrogen-bond acceptors (Lipinski definition) is 7. The van der Waals surface area contributed by atoms with Crippen molar-refractivity contribution in [3.05, 3.63) is 72.9 Å². The zero-order chi connectivity index (χ0) is 23.2. The van der Waals surface area contributed by atoms with Gasteiger partial charge in [0.1, 0.15) is 17.2 Å². The zero-order valence-electron chi connectivity index (χ0n) is 19.2. The SMILES string of the molecule is COc1ccc(Oc2ccc(Nc3ccc4ncc(OCC5CCNCC5)nc4c3)cc2)cc1. The van der Waals surface area contributed by atoms with Crippen LogP contribution in [0.4, 0.5) is 11.4 Å². The van der Waals surface area contributed by atoms with Crippen molar-refractivity contribution in [1.82, 2.24) is 15.3 Å². The van der Waals surface area contributed by atoms with Crippen LogP contribution >= 0.6 is 0 Å².